The Balaban J connectivity index is 0.573. The molecule has 18 rings (SSSR count). The molecule has 0 aromatic heterocycles. The highest BCUT2D eigenvalue weighted by Gasteiger charge is 2.32. The quantitative estimate of drug-likeness (QED) is 0.0396. The lowest BCUT2D eigenvalue weighted by Crippen LogP contribution is -2.25. The van der Waals surface area contributed by atoms with E-state index in [2.05, 4.69) is 315 Å². The summed E-state index contributed by atoms with van der Waals surface area (Å²) in [5.41, 5.74) is 21.8. The van der Waals surface area contributed by atoms with E-state index in [1.54, 1.807) is 72.8 Å². The standard InChI is InChI=1S/C110H81N3O6/c1-74-17-50-95(51-18-74)111(101-62-41-77-11-5-8-14-89(77)71-101)98-56-35-83(36-57-98)80-23-29-86(30-24-80)107(114)117-104-65-44-92(45-66-104)110(4,93-46-67-105(68-47-93)118-108(115)87-31-25-81(26-32-87)84-37-58-99(59-38-84)112(96-52-19-75(2)20-53-96)102-63-42-78-12-6-9-15-90(78)72-102)94-48-69-106(70-49-94)119-109(116)88-33-27-82(28-34-88)85-39-60-100(61-40-85)113(97-54-21-76(3)22-55-97)103-64-43-79-13-7-10-16-91(79)73-103/h5-73H,1-4H3. The Hall–Kier alpha value is -15.5. The van der Waals surface area contributed by atoms with E-state index in [4.69, 9.17) is 14.2 Å². The smallest absolute Gasteiger partial charge is 0.343 e. The predicted octanol–water partition coefficient (Wildman–Crippen LogP) is 28.5. The second-order valence-electron chi connectivity index (χ2n) is 30.3. The predicted molar refractivity (Wildman–Crippen MR) is 486 cm³/mol. The van der Waals surface area contributed by atoms with Gasteiger partial charge in [-0.05, 0) is 292 Å². The van der Waals surface area contributed by atoms with Crippen molar-refractivity contribution in [3.8, 4) is 50.6 Å². The Morgan fingerprint density at radius 3 is 0.630 bits per heavy atom. The van der Waals surface area contributed by atoms with Crippen LogP contribution >= 0.6 is 0 Å². The van der Waals surface area contributed by atoms with Crippen molar-refractivity contribution in [2.24, 2.45) is 0 Å². The molecule has 9 heteroatoms. The summed E-state index contributed by atoms with van der Waals surface area (Å²) in [5.74, 6) is -0.401. The van der Waals surface area contributed by atoms with Crippen LogP contribution in [0.3, 0.4) is 0 Å². The third kappa shape index (κ3) is 16.0. The molecule has 572 valence electrons. The van der Waals surface area contributed by atoms with Gasteiger partial charge in [0, 0.05) is 56.6 Å². The van der Waals surface area contributed by atoms with Crippen molar-refractivity contribution in [1.82, 2.24) is 0 Å². The Kier molecular flexibility index (Phi) is 20.7. The maximum atomic E-state index is 14.0. The van der Waals surface area contributed by atoms with E-state index in [0.29, 0.717) is 33.9 Å². The van der Waals surface area contributed by atoms with Crippen LogP contribution in [0.25, 0.3) is 65.7 Å². The van der Waals surface area contributed by atoms with Crippen molar-refractivity contribution < 1.29 is 28.6 Å². The summed E-state index contributed by atoms with van der Waals surface area (Å²) in [6.07, 6.45) is 0. The van der Waals surface area contributed by atoms with E-state index >= 15 is 0 Å². The number of nitrogens with zero attached hydrogens (tertiary/aromatic N) is 3. The van der Waals surface area contributed by atoms with Crippen molar-refractivity contribution in [2.75, 3.05) is 14.7 Å². The number of benzene rings is 18. The molecular formula is C110H81N3O6. The van der Waals surface area contributed by atoms with Crippen LogP contribution in [0.15, 0.2) is 419 Å². The minimum Gasteiger partial charge on any atom is -0.423 e. The van der Waals surface area contributed by atoms with Gasteiger partial charge in [0.2, 0.25) is 0 Å². The van der Waals surface area contributed by atoms with Gasteiger partial charge in [-0.2, -0.15) is 0 Å². The van der Waals surface area contributed by atoms with Crippen LogP contribution in [0.2, 0.25) is 0 Å². The van der Waals surface area contributed by atoms with Gasteiger partial charge in [0.05, 0.1) is 16.7 Å². The second kappa shape index (κ2) is 32.8. The molecule has 18 aromatic carbocycles. The lowest BCUT2D eigenvalue weighted by atomic mass is 9.71. The van der Waals surface area contributed by atoms with Crippen LogP contribution in [0.4, 0.5) is 51.2 Å². The number of carbonyl (C=O) groups is 3. The molecule has 0 saturated heterocycles. The molecule has 0 N–H and O–H groups in total. The fourth-order valence-electron chi connectivity index (χ4n) is 15.7. The number of ether oxygens (including phenoxy) is 3. The third-order valence-electron chi connectivity index (χ3n) is 22.5. The van der Waals surface area contributed by atoms with Crippen LogP contribution in [-0.4, -0.2) is 17.9 Å². The molecule has 0 fully saturated rings. The first-order chi connectivity index (χ1) is 58.2. The Bertz CT molecular complexity index is 6060. The van der Waals surface area contributed by atoms with Crippen LogP contribution in [0, 0.1) is 20.8 Å². The van der Waals surface area contributed by atoms with E-state index in [0.717, 1.165) is 117 Å². The molecule has 18 aromatic rings. The Morgan fingerprint density at radius 2 is 0.403 bits per heavy atom. The van der Waals surface area contributed by atoms with E-state index in [9.17, 15) is 14.4 Å². The van der Waals surface area contributed by atoms with Crippen molar-refractivity contribution >= 4 is 101 Å². The van der Waals surface area contributed by atoms with E-state index < -0.39 is 23.3 Å². The molecule has 9 nitrogen and oxygen atoms in total. The number of aryl methyl sites for hydroxylation is 3. The van der Waals surface area contributed by atoms with Crippen molar-refractivity contribution in [1.29, 1.82) is 0 Å². The first kappa shape index (κ1) is 74.9. The highest BCUT2D eigenvalue weighted by molar-refractivity contribution is 5.96. The van der Waals surface area contributed by atoms with E-state index in [1.807, 2.05) is 72.8 Å². The zero-order valence-corrected chi connectivity index (χ0v) is 66.1. The molecule has 0 saturated carbocycles. The van der Waals surface area contributed by atoms with Gasteiger partial charge >= 0.3 is 17.9 Å². The zero-order valence-electron chi connectivity index (χ0n) is 66.1. The summed E-state index contributed by atoms with van der Waals surface area (Å²) in [6.45, 7) is 8.40. The SMILES string of the molecule is Cc1ccc(N(c2ccc(-c3ccc(C(=O)Oc4ccc(C(C)(c5ccc(OC(=O)c6ccc(-c7ccc(N(c8ccc(C)cc8)c8ccc9ccccc9c8)cc7)cc6)cc5)c5ccc(OC(=O)c6ccc(-c7ccc(N(c8ccc(C)cc8)c8ccc9ccccc9c8)cc7)cc6)cc5)cc4)cc3)cc2)c2ccc3ccccc3c2)cc1. The maximum Gasteiger partial charge on any atom is 0.343 e. The molecule has 0 radical (unpaired) electrons. The molecule has 0 unspecified atom stereocenters. The summed E-state index contributed by atoms with van der Waals surface area (Å²) < 4.78 is 18.2. The van der Waals surface area contributed by atoms with Crippen LogP contribution in [-0.2, 0) is 5.41 Å². The molecule has 0 aliphatic heterocycles. The number of esters is 3. The number of hydrogen-bond acceptors (Lipinski definition) is 9. The molecule has 0 bridgehead atoms. The molecule has 0 heterocycles. The molecule has 119 heavy (non-hydrogen) atoms. The maximum absolute atomic E-state index is 14.0. The summed E-state index contributed by atoms with van der Waals surface area (Å²) in [7, 11) is 0. The third-order valence-corrected chi connectivity index (χ3v) is 22.5. The summed E-state index contributed by atoms with van der Waals surface area (Å²) in [5, 5.41) is 7.04. The molecular weight excluding hydrogens is 1460 g/mol. The first-order valence-electron chi connectivity index (χ1n) is 39.9. The minimum absolute atomic E-state index is 0.364. The summed E-state index contributed by atoms with van der Waals surface area (Å²) in [6, 6.07) is 141. The van der Waals surface area contributed by atoms with Gasteiger partial charge in [-0.3, -0.25) is 0 Å². The van der Waals surface area contributed by atoms with E-state index in [1.165, 1.54) is 32.8 Å². The number of carbonyl (C=O) groups excluding carboxylic acids is 3. The normalized spacial score (nSPS) is 11.3. The average Bonchev–Trinajstić information content (AvgIpc) is 0.752. The highest BCUT2D eigenvalue weighted by atomic mass is 16.5. The van der Waals surface area contributed by atoms with Crippen LogP contribution < -0.4 is 28.9 Å². The highest BCUT2D eigenvalue weighted by Crippen LogP contribution is 2.45. The van der Waals surface area contributed by atoms with Gasteiger partial charge in [0.1, 0.15) is 17.2 Å². The monoisotopic (exact) mass is 1540 g/mol. The lowest BCUT2D eigenvalue weighted by Gasteiger charge is -2.32. The van der Waals surface area contributed by atoms with Gasteiger partial charge in [0.25, 0.3) is 0 Å². The van der Waals surface area contributed by atoms with Gasteiger partial charge < -0.3 is 28.9 Å². The van der Waals surface area contributed by atoms with Gasteiger partial charge in [0.15, 0.2) is 0 Å². The molecule has 0 aliphatic rings. The topological polar surface area (TPSA) is 88.6 Å². The van der Waals surface area contributed by atoms with Crippen molar-refractivity contribution in [3.63, 3.8) is 0 Å². The Labute approximate surface area is 692 Å². The fraction of sp³-hybridized carbons (Fsp3) is 0.0455. The number of anilines is 9. The largest absolute Gasteiger partial charge is 0.423 e. The summed E-state index contributed by atoms with van der Waals surface area (Å²) >= 11 is 0. The average molecular weight is 1540 g/mol. The molecule has 0 aliphatic carbocycles. The molecule has 0 amide bonds. The van der Waals surface area contributed by atoms with Gasteiger partial charge in [-0.25, -0.2) is 14.4 Å². The molecule has 0 spiro atoms. The van der Waals surface area contributed by atoms with Crippen molar-refractivity contribution in [3.05, 3.63) is 469 Å². The second-order valence-corrected chi connectivity index (χ2v) is 30.3. The lowest BCUT2D eigenvalue weighted by molar-refractivity contribution is 0.0725. The zero-order chi connectivity index (χ0) is 80.9. The number of rotatable bonds is 21. The van der Waals surface area contributed by atoms with Gasteiger partial charge in [-0.15, -0.1) is 0 Å². The van der Waals surface area contributed by atoms with E-state index in [-0.39, 0.29) is 0 Å². The fourth-order valence-corrected chi connectivity index (χ4v) is 15.7. The van der Waals surface area contributed by atoms with Crippen molar-refractivity contribution in [2.45, 2.75) is 33.1 Å². The van der Waals surface area contributed by atoms with Gasteiger partial charge in [-0.1, -0.05) is 253 Å². The minimum atomic E-state index is -0.857. The Morgan fingerprint density at radius 1 is 0.210 bits per heavy atom. The van der Waals surface area contributed by atoms with Crippen LogP contribution in [0.5, 0.6) is 17.2 Å². The first-order valence-corrected chi connectivity index (χ1v) is 39.9. The number of fused-ring (bicyclic) bond motifs is 3. The summed E-state index contributed by atoms with van der Waals surface area (Å²) in [4.78, 5) is 48.8. The number of hydrogen-bond donors (Lipinski definition) is 0. The van der Waals surface area contributed by atoms with Crippen LogP contribution in [0.1, 0.15) is 71.4 Å². The molecule has 0 atom stereocenters.